The predicted molar refractivity (Wildman–Crippen MR) is 205 cm³/mol. The molecule has 4 amide bonds. The van der Waals surface area contributed by atoms with Gasteiger partial charge in [0, 0.05) is 13.1 Å². The number of fused-ring (bicyclic) bond motifs is 3. The minimum atomic E-state index is -1.18. The van der Waals surface area contributed by atoms with Crippen molar-refractivity contribution in [2.75, 3.05) is 52.6 Å². The molecule has 2 fully saturated rings. The zero-order chi connectivity index (χ0) is 38.2. The predicted octanol–water partition coefficient (Wildman–Crippen LogP) is 4.70. The number of hydrogen-bond donors (Lipinski definition) is 2. The van der Waals surface area contributed by atoms with Crippen molar-refractivity contribution in [1.29, 1.82) is 0 Å². The summed E-state index contributed by atoms with van der Waals surface area (Å²) in [5, 5.41) is 26.3. The molecule has 2 saturated heterocycles. The lowest BCUT2D eigenvalue weighted by Crippen LogP contribution is -2.50. The number of amides is 4. The quantitative estimate of drug-likeness (QED) is 0.112. The molecule has 54 heavy (non-hydrogen) atoms. The van der Waals surface area contributed by atoms with Gasteiger partial charge < -0.3 is 29.2 Å². The molecule has 6 rings (SSSR count). The Morgan fingerprint density at radius 1 is 0.611 bits per heavy atom. The summed E-state index contributed by atoms with van der Waals surface area (Å²) in [7, 11) is 0. The SMILES string of the molecule is C#CCOc1cc2ccccc2cc1OCC(O)CN1C(=O)N(CC(O)COc2cc3ccccc3cc2OCC#C)C2C1N(CC=C)C(=O)N2CC=C. The van der Waals surface area contributed by atoms with Crippen LogP contribution in [0.4, 0.5) is 9.59 Å². The third kappa shape index (κ3) is 7.86. The van der Waals surface area contributed by atoms with Gasteiger partial charge in [-0.15, -0.1) is 26.0 Å². The maximum atomic E-state index is 14.2. The number of aliphatic hydroxyl groups excluding tert-OH is 2. The lowest BCUT2D eigenvalue weighted by molar-refractivity contribution is 0.0480. The van der Waals surface area contributed by atoms with Gasteiger partial charge in [0.1, 0.15) is 51.0 Å². The van der Waals surface area contributed by atoms with Crippen LogP contribution in [-0.2, 0) is 0 Å². The minimum Gasteiger partial charge on any atom is -0.487 e. The van der Waals surface area contributed by atoms with E-state index in [1.807, 2.05) is 60.7 Å². The fourth-order valence-corrected chi connectivity index (χ4v) is 6.80. The highest BCUT2D eigenvalue weighted by Gasteiger charge is 2.59. The van der Waals surface area contributed by atoms with E-state index in [-0.39, 0.29) is 58.6 Å². The Bertz CT molecular complexity index is 1960. The van der Waals surface area contributed by atoms with Crippen molar-refractivity contribution in [2.24, 2.45) is 0 Å². The highest BCUT2D eigenvalue weighted by molar-refractivity contribution is 5.87. The fraction of sp³-hybridized carbons (Fsp3) is 0.286. The number of carbonyl (C=O) groups is 2. The van der Waals surface area contributed by atoms with E-state index < -0.39 is 30.6 Å². The number of urea groups is 2. The second-order valence-corrected chi connectivity index (χ2v) is 12.8. The summed E-state index contributed by atoms with van der Waals surface area (Å²) in [6.07, 6.45) is 10.0. The largest absolute Gasteiger partial charge is 0.487 e. The second kappa shape index (κ2) is 17.0. The topological polar surface area (TPSA) is 124 Å². The number of β-amino-alcohol motifs (C(OH)–C–C–N with tert-alkyl or cyclic N) is 2. The number of aliphatic hydroxyl groups is 2. The normalized spacial score (nSPS) is 17.6. The Balaban J connectivity index is 1.20. The summed E-state index contributed by atoms with van der Waals surface area (Å²) in [6.45, 7) is 7.15. The van der Waals surface area contributed by atoms with Crippen LogP contribution in [0.2, 0.25) is 0 Å². The summed E-state index contributed by atoms with van der Waals surface area (Å²) in [5.74, 6) is 6.47. The van der Waals surface area contributed by atoms with Crippen molar-refractivity contribution in [2.45, 2.75) is 24.5 Å². The molecule has 278 valence electrons. The average Bonchev–Trinajstić information content (AvgIpc) is 3.59. The van der Waals surface area contributed by atoms with Gasteiger partial charge in [-0.05, 0) is 45.8 Å². The first kappa shape index (κ1) is 37.4. The molecule has 4 unspecified atom stereocenters. The van der Waals surface area contributed by atoms with Gasteiger partial charge in [0.25, 0.3) is 0 Å². The smallest absolute Gasteiger partial charge is 0.324 e. The molecule has 2 aliphatic heterocycles. The molecule has 0 aliphatic carbocycles. The molecule has 4 aromatic rings. The number of nitrogens with zero attached hydrogens (tertiary/aromatic N) is 4. The van der Waals surface area contributed by atoms with Gasteiger partial charge in [-0.1, -0.05) is 72.5 Å². The van der Waals surface area contributed by atoms with Crippen molar-refractivity contribution in [3.8, 4) is 47.7 Å². The van der Waals surface area contributed by atoms with Crippen LogP contribution in [-0.4, -0.2) is 119 Å². The van der Waals surface area contributed by atoms with E-state index in [2.05, 4.69) is 25.0 Å². The molecule has 0 spiro atoms. The summed E-state index contributed by atoms with van der Waals surface area (Å²) in [5.41, 5.74) is 0. The number of hydrogen-bond acceptors (Lipinski definition) is 8. The average molecular weight is 731 g/mol. The number of rotatable bonds is 18. The van der Waals surface area contributed by atoms with E-state index in [0.29, 0.717) is 23.0 Å². The Morgan fingerprint density at radius 3 is 1.28 bits per heavy atom. The van der Waals surface area contributed by atoms with E-state index in [0.717, 1.165) is 21.5 Å². The molecule has 2 N–H and O–H groups in total. The first-order valence-electron chi connectivity index (χ1n) is 17.4. The van der Waals surface area contributed by atoms with Gasteiger partial charge in [-0.2, -0.15) is 0 Å². The standard InChI is InChI=1S/C42H42N4O8/c1-5-17-43-39-40(44(18-6-2)41(43)49)46(26-34(48)28-54-38-24-32-16-12-10-14-30(32)22-36(38)52-20-8-4)42(50)45(39)25-33(47)27-53-37-23-31-15-11-9-13-29(31)21-35(37)51-19-7-3/h3-6,9-16,21-24,33-34,39-40,47-48H,1-2,17-20,25-28H2. The van der Waals surface area contributed by atoms with Crippen LogP contribution in [0.15, 0.2) is 98.1 Å². The van der Waals surface area contributed by atoms with E-state index in [4.69, 9.17) is 31.8 Å². The third-order valence-electron chi connectivity index (χ3n) is 9.10. The number of carbonyl (C=O) groups excluding carboxylic acids is 2. The van der Waals surface area contributed by atoms with Crippen molar-refractivity contribution >= 4 is 33.6 Å². The van der Waals surface area contributed by atoms with Gasteiger partial charge in [-0.3, -0.25) is 19.6 Å². The summed E-state index contributed by atoms with van der Waals surface area (Å²) < 4.78 is 23.6. The molecule has 0 bridgehead atoms. The highest BCUT2D eigenvalue weighted by atomic mass is 16.5. The van der Waals surface area contributed by atoms with E-state index in [1.165, 1.54) is 19.6 Å². The molecule has 2 heterocycles. The number of benzene rings is 4. The molecule has 4 aromatic carbocycles. The van der Waals surface area contributed by atoms with Crippen LogP contribution >= 0.6 is 0 Å². The molecule has 12 heteroatoms. The summed E-state index contributed by atoms with van der Waals surface area (Å²) in [4.78, 5) is 33.8. The molecule has 0 aromatic heterocycles. The monoisotopic (exact) mass is 730 g/mol. The van der Waals surface area contributed by atoms with Crippen LogP contribution in [0, 0.1) is 24.7 Å². The zero-order valence-corrected chi connectivity index (χ0v) is 29.8. The van der Waals surface area contributed by atoms with Crippen LogP contribution < -0.4 is 18.9 Å². The van der Waals surface area contributed by atoms with E-state index >= 15 is 0 Å². The van der Waals surface area contributed by atoms with Gasteiger partial charge in [0.05, 0.1) is 13.1 Å². The molecule has 4 atom stereocenters. The van der Waals surface area contributed by atoms with Crippen LogP contribution in [0.5, 0.6) is 23.0 Å². The van der Waals surface area contributed by atoms with Crippen LogP contribution in [0.25, 0.3) is 21.5 Å². The van der Waals surface area contributed by atoms with Crippen LogP contribution in [0.1, 0.15) is 0 Å². The van der Waals surface area contributed by atoms with E-state index in [1.54, 1.807) is 24.3 Å². The van der Waals surface area contributed by atoms with Gasteiger partial charge in [-0.25, -0.2) is 9.59 Å². The van der Waals surface area contributed by atoms with Gasteiger partial charge in [0.2, 0.25) is 0 Å². The second-order valence-electron chi connectivity index (χ2n) is 12.8. The zero-order valence-electron chi connectivity index (χ0n) is 29.8. The lowest BCUT2D eigenvalue weighted by atomic mass is 10.1. The first-order valence-corrected chi connectivity index (χ1v) is 17.4. The van der Waals surface area contributed by atoms with Crippen molar-refractivity contribution in [1.82, 2.24) is 19.6 Å². The Kier molecular flexibility index (Phi) is 11.8. The molecule has 2 aliphatic rings. The van der Waals surface area contributed by atoms with Crippen molar-refractivity contribution in [3.63, 3.8) is 0 Å². The van der Waals surface area contributed by atoms with Crippen molar-refractivity contribution < 1.29 is 38.7 Å². The van der Waals surface area contributed by atoms with Crippen LogP contribution in [0.3, 0.4) is 0 Å². The molecular formula is C42H42N4O8. The number of ether oxygens (including phenoxy) is 4. The molecule has 0 radical (unpaired) electrons. The van der Waals surface area contributed by atoms with E-state index in [9.17, 15) is 19.8 Å². The highest BCUT2D eigenvalue weighted by Crippen LogP contribution is 2.37. The first-order chi connectivity index (χ1) is 26.3. The lowest BCUT2D eigenvalue weighted by Gasteiger charge is -2.31. The minimum absolute atomic E-state index is 0.0205. The van der Waals surface area contributed by atoms with Gasteiger partial charge in [0.15, 0.2) is 23.0 Å². The Hall–Kier alpha value is -6.34. The molecular weight excluding hydrogens is 688 g/mol. The maximum absolute atomic E-state index is 14.2. The maximum Gasteiger partial charge on any atom is 0.324 e. The molecule has 0 saturated carbocycles. The Morgan fingerprint density at radius 2 is 0.944 bits per heavy atom. The third-order valence-corrected chi connectivity index (χ3v) is 9.10. The fourth-order valence-electron chi connectivity index (χ4n) is 6.80. The number of terminal acetylenes is 2. The Labute approximate surface area is 314 Å². The molecule has 12 nitrogen and oxygen atoms in total. The van der Waals surface area contributed by atoms with Crippen molar-refractivity contribution in [3.05, 3.63) is 98.1 Å². The van der Waals surface area contributed by atoms with Gasteiger partial charge >= 0.3 is 12.1 Å². The summed E-state index contributed by atoms with van der Waals surface area (Å²) >= 11 is 0. The summed E-state index contributed by atoms with van der Waals surface area (Å²) in [6, 6.07) is 21.7.